The summed E-state index contributed by atoms with van der Waals surface area (Å²) < 4.78 is 19.1. The molecule has 0 atom stereocenters. The maximum absolute atomic E-state index is 13.6. The van der Waals surface area contributed by atoms with E-state index in [9.17, 15) is 4.39 Å². The van der Waals surface area contributed by atoms with E-state index >= 15 is 0 Å². The molecule has 1 aromatic heterocycles. The summed E-state index contributed by atoms with van der Waals surface area (Å²) in [6.07, 6.45) is 5.80. The van der Waals surface area contributed by atoms with Gasteiger partial charge in [-0.2, -0.15) is 0 Å². The second-order valence-electron chi connectivity index (χ2n) is 7.01. The van der Waals surface area contributed by atoms with Crippen LogP contribution in [0.2, 0.25) is 0 Å². The molecule has 0 N–H and O–H groups in total. The fourth-order valence-electron chi connectivity index (χ4n) is 3.93. The van der Waals surface area contributed by atoms with Gasteiger partial charge in [0.05, 0.1) is 5.69 Å². The van der Waals surface area contributed by atoms with Crippen molar-refractivity contribution in [3.63, 3.8) is 0 Å². The number of benzene rings is 1. The summed E-state index contributed by atoms with van der Waals surface area (Å²) in [7, 11) is 0. The Morgan fingerprint density at radius 3 is 2.80 bits per heavy atom. The number of halogens is 1. The van der Waals surface area contributed by atoms with Gasteiger partial charge in [-0.05, 0) is 37.3 Å². The number of rotatable bonds is 3. The van der Waals surface area contributed by atoms with Crippen molar-refractivity contribution >= 4 is 0 Å². The predicted molar refractivity (Wildman–Crippen MR) is 94.8 cm³/mol. The zero-order valence-corrected chi connectivity index (χ0v) is 14.5. The Morgan fingerprint density at radius 2 is 1.96 bits per heavy atom. The van der Waals surface area contributed by atoms with Crippen molar-refractivity contribution in [2.24, 2.45) is 5.92 Å². The van der Waals surface area contributed by atoms with Crippen LogP contribution in [0, 0.1) is 11.7 Å². The van der Waals surface area contributed by atoms with E-state index in [1.807, 2.05) is 6.07 Å². The number of fused-ring (bicyclic) bond motifs is 1. The third-order valence-corrected chi connectivity index (χ3v) is 5.33. The highest BCUT2D eigenvalue weighted by Gasteiger charge is 2.22. The molecular weight excluding hydrogens is 317 g/mol. The van der Waals surface area contributed by atoms with E-state index in [2.05, 4.69) is 14.9 Å². The van der Waals surface area contributed by atoms with Crippen LogP contribution in [0.15, 0.2) is 30.6 Å². The predicted octanol–water partition coefficient (Wildman–Crippen LogP) is 3.11. The SMILES string of the molecule is Fc1cccc(-c2ncnc3c2CCN(CC2CCOCC2)CC3)c1. The lowest BCUT2D eigenvalue weighted by Crippen LogP contribution is -2.34. The van der Waals surface area contributed by atoms with Crippen molar-refractivity contribution in [3.8, 4) is 11.3 Å². The van der Waals surface area contributed by atoms with Gasteiger partial charge in [0.2, 0.25) is 0 Å². The monoisotopic (exact) mass is 341 g/mol. The van der Waals surface area contributed by atoms with Crippen LogP contribution in [0.4, 0.5) is 4.39 Å². The smallest absolute Gasteiger partial charge is 0.123 e. The molecule has 2 aliphatic rings. The average molecular weight is 341 g/mol. The lowest BCUT2D eigenvalue weighted by atomic mass is 9.99. The van der Waals surface area contributed by atoms with Crippen molar-refractivity contribution in [2.75, 3.05) is 32.8 Å². The van der Waals surface area contributed by atoms with Crippen molar-refractivity contribution in [3.05, 3.63) is 47.7 Å². The normalized spacial score (nSPS) is 19.4. The fourth-order valence-corrected chi connectivity index (χ4v) is 3.93. The first-order valence-electron chi connectivity index (χ1n) is 9.18. The summed E-state index contributed by atoms with van der Waals surface area (Å²) in [5.74, 6) is 0.517. The topological polar surface area (TPSA) is 38.2 Å². The minimum Gasteiger partial charge on any atom is -0.381 e. The van der Waals surface area contributed by atoms with E-state index in [-0.39, 0.29) is 5.82 Å². The zero-order chi connectivity index (χ0) is 17.1. The quantitative estimate of drug-likeness (QED) is 0.860. The van der Waals surface area contributed by atoms with Crippen molar-refractivity contribution in [1.82, 2.24) is 14.9 Å². The Labute approximate surface area is 148 Å². The van der Waals surface area contributed by atoms with E-state index in [1.165, 1.54) is 11.6 Å². The van der Waals surface area contributed by atoms with Gasteiger partial charge in [0.25, 0.3) is 0 Å². The van der Waals surface area contributed by atoms with Crippen LogP contribution in [0.1, 0.15) is 24.1 Å². The summed E-state index contributed by atoms with van der Waals surface area (Å²) in [4.78, 5) is 11.5. The van der Waals surface area contributed by atoms with Gasteiger partial charge in [0.15, 0.2) is 0 Å². The fraction of sp³-hybridized carbons (Fsp3) is 0.500. The van der Waals surface area contributed by atoms with Crippen molar-refractivity contribution in [2.45, 2.75) is 25.7 Å². The van der Waals surface area contributed by atoms with E-state index < -0.39 is 0 Å². The highest BCUT2D eigenvalue weighted by atomic mass is 19.1. The van der Waals surface area contributed by atoms with E-state index in [0.29, 0.717) is 0 Å². The van der Waals surface area contributed by atoms with Crippen LogP contribution in [0.25, 0.3) is 11.3 Å². The Hall–Kier alpha value is -1.85. The average Bonchev–Trinajstić information content (AvgIpc) is 2.85. The summed E-state index contributed by atoms with van der Waals surface area (Å²) in [6.45, 7) is 4.98. The van der Waals surface area contributed by atoms with Crippen molar-refractivity contribution < 1.29 is 9.13 Å². The number of aromatic nitrogens is 2. The Bertz CT molecular complexity index is 731. The van der Waals surface area contributed by atoms with Gasteiger partial charge in [-0.15, -0.1) is 0 Å². The number of nitrogens with zero attached hydrogens (tertiary/aromatic N) is 3. The van der Waals surface area contributed by atoms with E-state index in [0.717, 1.165) is 81.4 Å². The molecule has 4 nitrogen and oxygen atoms in total. The number of hydrogen-bond acceptors (Lipinski definition) is 4. The summed E-state index contributed by atoms with van der Waals surface area (Å²) in [5, 5.41) is 0. The molecule has 1 aromatic carbocycles. The molecule has 0 spiro atoms. The maximum Gasteiger partial charge on any atom is 0.123 e. The highest BCUT2D eigenvalue weighted by molar-refractivity contribution is 5.64. The molecule has 1 saturated heterocycles. The van der Waals surface area contributed by atoms with Gasteiger partial charge in [-0.25, -0.2) is 14.4 Å². The minimum atomic E-state index is -0.223. The molecule has 2 aromatic rings. The van der Waals surface area contributed by atoms with Gasteiger partial charge < -0.3 is 9.64 Å². The van der Waals surface area contributed by atoms with Gasteiger partial charge in [-0.1, -0.05) is 12.1 Å². The van der Waals surface area contributed by atoms with Gasteiger partial charge >= 0.3 is 0 Å². The second kappa shape index (κ2) is 7.58. The lowest BCUT2D eigenvalue weighted by molar-refractivity contribution is 0.0530. The van der Waals surface area contributed by atoms with Crippen LogP contribution in [0.3, 0.4) is 0 Å². The van der Waals surface area contributed by atoms with E-state index in [1.54, 1.807) is 18.5 Å². The second-order valence-corrected chi connectivity index (χ2v) is 7.01. The molecule has 0 radical (unpaired) electrons. The summed E-state index contributed by atoms with van der Waals surface area (Å²) in [5.41, 5.74) is 4.03. The Balaban J connectivity index is 1.52. The molecule has 0 aliphatic carbocycles. The van der Waals surface area contributed by atoms with Gasteiger partial charge in [0, 0.05) is 56.1 Å². The summed E-state index contributed by atoms with van der Waals surface area (Å²) in [6, 6.07) is 6.70. The van der Waals surface area contributed by atoms with Crippen LogP contribution < -0.4 is 0 Å². The molecule has 4 rings (SSSR count). The molecule has 0 saturated carbocycles. The van der Waals surface area contributed by atoms with Crippen molar-refractivity contribution in [1.29, 1.82) is 0 Å². The molecule has 0 amide bonds. The molecule has 5 heteroatoms. The largest absolute Gasteiger partial charge is 0.381 e. The van der Waals surface area contributed by atoms with Crippen LogP contribution >= 0.6 is 0 Å². The first-order chi connectivity index (χ1) is 12.3. The standard InChI is InChI=1S/C20H24FN3O/c21-17-3-1-2-16(12-17)20-18-4-8-24(9-5-19(18)22-14-23-20)13-15-6-10-25-11-7-15/h1-3,12,14-15H,4-11,13H2. The van der Waals surface area contributed by atoms with Crippen LogP contribution in [-0.4, -0.2) is 47.7 Å². The molecule has 3 heterocycles. The van der Waals surface area contributed by atoms with Crippen LogP contribution in [0.5, 0.6) is 0 Å². The Kier molecular flexibility index (Phi) is 5.04. The molecule has 2 aliphatic heterocycles. The third kappa shape index (κ3) is 3.88. The molecule has 0 unspecified atom stereocenters. The lowest BCUT2D eigenvalue weighted by Gasteiger charge is -2.28. The van der Waals surface area contributed by atoms with Crippen LogP contribution in [-0.2, 0) is 17.6 Å². The zero-order valence-electron chi connectivity index (χ0n) is 14.5. The Morgan fingerprint density at radius 1 is 1.12 bits per heavy atom. The molecule has 1 fully saturated rings. The highest BCUT2D eigenvalue weighted by Crippen LogP contribution is 2.27. The number of hydrogen-bond donors (Lipinski definition) is 0. The molecule has 25 heavy (non-hydrogen) atoms. The van der Waals surface area contributed by atoms with E-state index in [4.69, 9.17) is 4.74 Å². The molecular formula is C20H24FN3O. The molecule has 132 valence electrons. The summed E-state index contributed by atoms with van der Waals surface area (Å²) >= 11 is 0. The number of ether oxygens (including phenoxy) is 1. The minimum absolute atomic E-state index is 0.223. The van der Waals surface area contributed by atoms with Gasteiger partial charge in [0.1, 0.15) is 12.1 Å². The first kappa shape index (κ1) is 16.6. The third-order valence-electron chi connectivity index (χ3n) is 5.33. The first-order valence-corrected chi connectivity index (χ1v) is 9.18. The maximum atomic E-state index is 13.6. The van der Waals surface area contributed by atoms with Gasteiger partial charge in [-0.3, -0.25) is 0 Å². The molecule has 0 bridgehead atoms.